The van der Waals surface area contributed by atoms with Gasteiger partial charge in [0.05, 0.1) is 47.6 Å². The summed E-state index contributed by atoms with van der Waals surface area (Å²) in [5.74, 6) is 0.385. The zero-order valence-electron chi connectivity index (χ0n) is 31.7. The average molecular weight is 779 g/mol. The number of benzene rings is 4. The summed E-state index contributed by atoms with van der Waals surface area (Å²) < 4.78 is 19.2. The maximum atomic E-state index is 11.9. The van der Waals surface area contributed by atoms with E-state index in [-0.39, 0.29) is 25.4 Å². The molecule has 56 heavy (non-hydrogen) atoms. The van der Waals surface area contributed by atoms with Crippen LogP contribution in [0.5, 0.6) is 17.2 Å². The number of aliphatic carboxylic acids is 1. The molecule has 1 fully saturated rings. The third kappa shape index (κ3) is 9.44. The number of carboxylic acids is 1. The number of likely N-dealkylation sites (tertiary alicyclic amines) is 1. The summed E-state index contributed by atoms with van der Waals surface area (Å²) in [4.78, 5) is 14.3. The molecule has 4 N–H and O–H groups in total. The molecular weight excluding hydrogens is 732 g/mol. The van der Waals surface area contributed by atoms with E-state index >= 15 is 0 Å². The van der Waals surface area contributed by atoms with Crippen LogP contribution in [0.2, 0.25) is 5.02 Å². The average Bonchev–Trinajstić information content (AvgIpc) is 3.62. The number of nitrogens with zero attached hydrogens (tertiary/aromatic N) is 3. The Morgan fingerprint density at radius 2 is 1.68 bits per heavy atom. The SMILES string of the molecule is Cc1c(OCCCN2CCC(O)CC2)cccc1-c1cccc2c1CC[C@@H]2Oc1cc(OCc2cc(C#N)cc(C#N)c2)c(CNC(C)(CO)C(=O)O)cc1Cl. The Hall–Kier alpha value is -5.14. The highest BCUT2D eigenvalue weighted by atomic mass is 35.5. The molecule has 292 valence electrons. The van der Waals surface area contributed by atoms with Gasteiger partial charge < -0.3 is 34.4 Å². The Morgan fingerprint density at radius 1 is 0.964 bits per heavy atom. The van der Waals surface area contributed by atoms with Crippen LogP contribution in [0.1, 0.15) is 77.7 Å². The highest BCUT2D eigenvalue weighted by Gasteiger charge is 2.33. The van der Waals surface area contributed by atoms with E-state index in [1.165, 1.54) is 18.6 Å². The number of rotatable bonds is 16. The van der Waals surface area contributed by atoms with Gasteiger partial charge in [-0.05, 0) is 110 Å². The van der Waals surface area contributed by atoms with Crippen molar-refractivity contribution in [3.05, 3.63) is 111 Å². The lowest BCUT2D eigenvalue weighted by Gasteiger charge is -2.29. The number of hydrogen-bond acceptors (Lipinski definition) is 10. The molecule has 6 rings (SSSR count). The van der Waals surface area contributed by atoms with Crippen molar-refractivity contribution in [3.8, 4) is 40.5 Å². The van der Waals surface area contributed by atoms with Crippen LogP contribution >= 0.6 is 11.6 Å². The molecule has 0 saturated carbocycles. The largest absolute Gasteiger partial charge is 0.493 e. The third-order valence-corrected chi connectivity index (χ3v) is 11.0. The first-order valence-corrected chi connectivity index (χ1v) is 19.3. The maximum Gasteiger partial charge on any atom is 0.326 e. The van der Waals surface area contributed by atoms with Crippen molar-refractivity contribution < 1.29 is 34.3 Å². The molecule has 1 aliphatic carbocycles. The standard InChI is InChI=1S/C44H47ClN4O7/c1-28-34(6-4-9-39(28)54-17-5-14-49-15-12-33(51)13-16-49)35-7-3-8-37-36(35)10-11-40(37)56-42-22-41(55-26-31-19-29(23-46)18-30(20-31)24-47)32(21-38(42)45)25-48-44(2,27-50)43(52)53/h3-4,6-9,18-22,33,40,48,50-51H,5,10-17,25-27H2,1-2H3,(H,52,53)/t40-,44?/m0/s1. The van der Waals surface area contributed by atoms with E-state index in [9.17, 15) is 30.6 Å². The minimum Gasteiger partial charge on any atom is -0.493 e. The highest BCUT2D eigenvalue weighted by Crippen LogP contribution is 2.44. The van der Waals surface area contributed by atoms with E-state index in [1.54, 1.807) is 24.3 Å². The van der Waals surface area contributed by atoms with Gasteiger partial charge in [0.2, 0.25) is 0 Å². The molecule has 1 unspecified atom stereocenters. The van der Waals surface area contributed by atoms with Crippen molar-refractivity contribution in [2.45, 2.75) is 76.9 Å². The number of piperidine rings is 1. The van der Waals surface area contributed by atoms with Crippen LogP contribution in [0.4, 0.5) is 0 Å². The molecule has 0 spiro atoms. The van der Waals surface area contributed by atoms with Crippen LogP contribution in [-0.2, 0) is 24.4 Å². The molecule has 4 aromatic carbocycles. The van der Waals surface area contributed by atoms with Crippen LogP contribution in [-0.4, -0.2) is 70.7 Å². The van der Waals surface area contributed by atoms with Gasteiger partial charge in [-0.15, -0.1) is 0 Å². The third-order valence-electron chi connectivity index (χ3n) is 10.7. The maximum absolute atomic E-state index is 11.9. The van der Waals surface area contributed by atoms with E-state index in [0.717, 1.165) is 79.7 Å². The summed E-state index contributed by atoms with van der Waals surface area (Å²) in [6.07, 6.45) is 3.60. The Morgan fingerprint density at radius 3 is 2.38 bits per heavy atom. The monoisotopic (exact) mass is 778 g/mol. The summed E-state index contributed by atoms with van der Waals surface area (Å²) in [6.45, 7) is 6.25. The summed E-state index contributed by atoms with van der Waals surface area (Å²) in [5, 5.41) is 51.5. The van der Waals surface area contributed by atoms with Crippen molar-refractivity contribution in [1.29, 1.82) is 10.5 Å². The first kappa shape index (κ1) is 40.5. The second-order valence-corrected chi connectivity index (χ2v) is 15.1. The van der Waals surface area contributed by atoms with Crippen molar-refractivity contribution in [3.63, 3.8) is 0 Å². The van der Waals surface area contributed by atoms with E-state index in [2.05, 4.69) is 47.5 Å². The van der Waals surface area contributed by atoms with Crippen LogP contribution < -0.4 is 19.5 Å². The van der Waals surface area contributed by atoms with Gasteiger partial charge in [0.15, 0.2) is 0 Å². The number of aliphatic hydroxyl groups is 2. The Balaban J connectivity index is 1.21. The number of carboxylic acid groups (broad SMARTS) is 1. The molecule has 1 heterocycles. The Labute approximate surface area is 332 Å². The van der Waals surface area contributed by atoms with E-state index < -0.39 is 18.1 Å². The second-order valence-electron chi connectivity index (χ2n) is 14.7. The zero-order chi connectivity index (χ0) is 39.8. The van der Waals surface area contributed by atoms with E-state index in [4.69, 9.17) is 25.8 Å². The molecule has 12 heteroatoms. The Bertz CT molecular complexity index is 2110. The predicted molar refractivity (Wildman–Crippen MR) is 212 cm³/mol. The number of nitrogens with one attached hydrogen (secondary N) is 1. The number of ether oxygens (including phenoxy) is 3. The lowest BCUT2D eigenvalue weighted by atomic mass is 9.93. The molecule has 0 aromatic heterocycles. The summed E-state index contributed by atoms with van der Waals surface area (Å²) in [5.41, 5.74) is 5.71. The first-order chi connectivity index (χ1) is 27.0. The molecule has 1 aliphatic heterocycles. The quantitative estimate of drug-likeness (QED) is 0.0878. The smallest absolute Gasteiger partial charge is 0.326 e. The summed E-state index contributed by atoms with van der Waals surface area (Å²) >= 11 is 6.84. The Kier molecular flexibility index (Phi) is 13.2. The number of halogens is 1. The van der Waals surface area contributed by atoms with Crippen LogP contribution in [0, 0.1) is 29.6 Å². The van der Waals surface area contributed by atoms with E-state index in [0.29, 0.717) is 45.4 Å². The van der Waals surface area contributed by atoms with Crippen molar-refractivity contribution in [2.24, 2.45) is 0 Å². The lowest BCUT2D eigenvalue weighted by molar-refractivity contribution is -0.145. The normalized spacial score (nSPS) is 16.7. The van der Waals surface area contributed by atoms with Gasteiger partial charge in [0, 0.05) is 37.8 Å². The predicted octanol–water partition coefficient (Wildman–Crippen LogP) is 6.85. The number of carbonyl (C=O) groups is 1. The van der Waals surface area contributed by atoms with Crippen LogP contribution in [0.15, 0.2) is 66.7 Å². The van der Waals surface area contributed by atoms with Gasteiger partial charge in [-0.3, -0.25) is 10.1 Å². The van der Waals surface area contributed by atoms with Gasteiger partial charge in [0.25, 0.3) is 0 Å². The van der Waals surface area contributed by atoms with Crippen molar-refractivity contribution >= 4 is 17.6 Å². The molecule has 1 saturated heterocycles. The number of hydrogen-bond donors (Lipinski definition) is 4. The summed E-state index contributed by atoms with van der Waals surface area (Å²) in [6, 6.07) is 24.6. The first-order valence-electron chi connectivity index (χ1n) is 18.9. The molecule has 0 radical (unpaired) electrons. The number of aliphatic hydroxyl groups excluding tert-OH is 2. The van der Waals surface area contributed by atoms with Crippen LogP contribution in [0.25, 0.3) is 11.1 Å². The minimum atomic E-state index is -1.62. The van der Waals surface area contributed by atoms with E-state index in [1.807, 2.05) is 18.2 Å². The number of fused-ring (bicyclic) bond motifs is 1. The molecule has 2 atom stereocenters. The zero-order valence-corrected chi connectivity index (χ0v) is 32.4. The van der Waals surface area contributed by atoms with Crippen LogP contribution in [0.3, 0.4) is 0 Å². The molecule has 2 aliphatic rings. The fourth-order valence-electron chi connectivity index (χ4n) is 7.31. The highest BCUT2D eigenvalue weighted by molar-refractivity contribution is 6.32. The molecular formula is C44H47ClN4O7. The molecule has 0 amide bonds. The summed E-state index contributed by atoms with van der Waals surface area (Å²) in [7, 11) is 0. The molecule has 11 nitrogen and oxygen atoms in total. The molecule has 4 aromatic rings. The molecule has 0 bridgehead atoms. The minimum absolute atomic E-state index is 0.00157. The fraction of sp³-hybridized carbons (Fsp3) is 0.386. The topological polar surface area (TPSA) is 168 Å². The lowest BCUT2D eigenvalue weighted by Crippen LogP contribution is -2.52. The van der Waals surface area contributed by atoms with Crippen molar-refractivity contribution in [2.75, 3.05) is 32.8 Å². The van der Waals surface area contributed by atoms with Crippen molar-refractivity contribution in [1.82, 2.24) is 10.2 Å². The van der Waals surface area contributed by atoms with Gasteiger partial charge >= 0.3 is 5.97 Å². The second kappa shape index (κ2) is 18.2. The fourth-order valence-corrected chi connectivity index (χ4v) is 7.54. The number of nitriles is 2. The van der Waals surface area contributed by atoms with Gasteiger partial charge in [-0.1, -0.05) is 41.9 Å². The van der Waals surface area contributed by atoms with Gasteiger partial charge in [-0.25, -0.2) is 0 Å². The van der Waals surface area contributed by atoms with Gasteiger partial charge in [-0.2, -0.15) is 10.5 Å². The van der Waals surface area contributed by atoms with Gasteiger partial charge in [0.1, 0.15) is 35.5 Å².